The normalized spacial score (nSPS) is 12.2. The van der Waals surface area contributed by atoms with Crippen LogP contribution in [-0.4, -0.2) is 32.4 Å². The molecule has 0 radical (unpaired) electrons. The number of hydrogen-bond acceptors (Lipinski definition) is 5. The topological polar surface area (TPSA) is 94.1 Å². The lowest BCUT2D eigenvalue weighted by Gasteiger charge is -2.13. The van der Waals surface area contributed by atoms with Crippen LogP contribution in [0.15, 0.2) is 65.8 Å². The van der Waals surface area contributed by atoms with Gasteiger partial charge in [-0.25, -0.2) is 4.98 Å². The van der Waals surface area contributed by atoms with Crippen LogP contribution in [0.4, 0.5) is 0 Å². The second-order valence-electron chi connectivity index (χ2n) is 6.44. The van der Waals surface area contributed by atoms with E-state index >= 15 is 0 Å². The van der Waals surface area contributed by atoms with Crippen LogP contribution in [0.3, 0.4) is 0 Å². The molecule has 0 saturated heterocycles. The molecular formula is C21H17N3O4. The molecule has 0 aliphatic heterocycles. The summed E-state index contributed by atoms with van der Waals surface area (Å²) in [4.78, 5) is 44.6. The number of para-hydroxylation sites is 2. The Morgan fingerprint density at radius 3 is 2.64 bits per heavy atom. The zero-order valence-corrected chi connectivity index (χ0v) is 15.1. The van der Waals surface area contributed by atoms with Gasteiger partial charge in [0.1, 0.15) is 6.54 Å². The van der Waals surface area contributed by atoms with E-state index in [-0.39, 0.29) is 17.9 Å². The van der Waals surface area contributed by atoms with Gasteiger partial charge in [-0.05, 0) is 25.1 Å². The zero-order chi connectivity index (χ0) is 19.7. The molecule has 0 bridgehead atoms. The minimum absolute atomic E-state index is 0.310. The van der Waals surface area contributed by atoms with Crippen LogP contribution in [-0.2, 0) is 16.1 Å². The van der Waals surface area contributed by atoms with E-state index in [9.17, 15) is 14.4 Å². The monoisotopic (exact) mass is 375 g/mol. The number of hydrogen-bond donors (Lipinski definition) is 1. The van der Waals surface area contributed by atoms with Crippen molar-refractivity contribution >= 4 is 33.6 Å². The number of rotatable bonds is 5. The van der Waals surface area contributed by atoms with Gasteiger partial charge in [-0.3, -0.25) is 19.0 Å². The number of aromatic nitrogens is 3. The number of nitrogens with one attached hydrogen (secondary N) is 1. The number of aromatic amines is 1. The Bertz CT molecular complexity index is 1260. The molecule has 2 heterocycles. The van der Waals surface area contributed by atoms with Crippen molar-refractivity contribution in [1.29, 1.82) is 0 Å². The van der Waals surface area contributed by atoms with Gasteiger partial charge >= 0.3 is 5.97 Å². The third-order valence-electron chi connectivity index (χ3n) is 4.56. The third-order valence-corrected chi connectivity index (χ3v) is 4.56. The second-order valence-corrected chi connectivity index (χ2v) is 6.44. The first-order valence-electron chi connectivity index (χ1n) is 8.78. The van der Waals surface area contributed by atoms with Crippen LogP contribution >= 0.6 is 0 Å². The molecule has 4 rings (SSSR count). The lowest BCUT2D eigenvalue weighted by Crippen LogP contribution is -2.30. The van der Waals surface area contributed by atoms with E-state index in [2.05, 4.69) is 9.97 Å². The largest absolute Gasteiger partial charge is 0.453 e. The minimum Gasteiger partial charge on any atom is -0.453 e. The maximum absolute atomic E-state index is 12.7. The minimum atomic E-state index is -0.976. The number of H-pyrrole nitrogens is 1. The Balaban J connectivity index is 1.50. The van der Waals surface area contributed by atoms with Gasteiger partial charge in [-0.1, -0.05) is 30.3 Å². The summed E-state index contributed by atoms with van der Waals surface area (Å²) in [5.74, 6) is -0.991. The molecule has 1 atom stereocenters. The summed E-state index contributed by atoms with van der Waals surface area (Å²) in [6.07, 6.45) is 1.93. The summed E-state index contributed by atoms with van der Waals surface area (Å²) in [6, 6.07) is 14.3. The molecule has 0 fully saturated rings. The van der Waals surface area contributed by atoms with E-state index in [4.69, 9.17) is 4.74 Å². The van der Waals surface area contributed by atoms with Crippen molar-refractivity contribution in [3.63, 3.8) is 0 Å². The first kappa shape index (κ1) is 17.7. The molecular weight excluding hydrogens is 358 g/mol. The van der Waals surface area contributed by atoms with Gasteiger partial charge in [0.15, 0.2) is 6.10 Å². The first-order valence-corrected chi connectivity index (χ1v) is 8.78. The average molecular weight is 375 g/mol. The Morgan fingerprint density at radius 2 is 1.82 bits per heavy atom. The van der Waals surface area contributed by atoms with Crippen molar-refractivity contribution in [2.24, 2.45) is 0 Å². The fourth-order valence-corrected chi connectivity index (χ4v) is 3.14. The van der Waals surface area contributed by atoms with Crippen molar-refractivity contribution in [3.8, 4) is 0 Å². The molecule has 4 aromatic rings. The SMILES string of the molecule is C[C@H](OC(=O)Cn1cnc2ccccc2c1=O)C(=O)c1c[nH]c2ccccc12. The van der Waals surface area contributed by atoms with Gasteiger partial charge < -0.3 is 9.72 Å². The Labute approximate surface area is 159 Å². The van der Waals surface area contributed by atoms with Crippen LogP contribution in [0.5, 0.6) is 0 Å². The summed E-state index contributed by atoms with van der Waals surface area (Å²) in [5, 5.41) is 1.19. The molecule has 2 aromatic carbocycles. The number of fused-ring (bicyclic) bond motifs is 2. The second kappa shape index (κ2) is 7.11. The fourth-order valence-electron chi connectivity index (χ4n) is 3.14. The van der Waals surface area contributed by atoms with E-state index < -0.39 is 12.1 Å². The van der Waals surface area contributed by atoms with Crippen LogP contribution in [0.2, 0.25) is 0 Å². The Kier molecular flexibility index (Phi) is 4.49. The highest BCUT2D eigenvalue weighted by Crippen LogP contribution is 2.20. The van der Waals surface area contributed by atoms with Gasteiger partial charge in [0, 0.05) is 22.7 Å². The number of ketones is 1. The maximum atomic E-state index is 12.7. The lowest BCUT2D eigenvalue weighted by atomic mass is 10.1. The smallest absolute Gasteiger partial charge is 0.326 e. The van der Waals surface area contributed by atoms with Crippen molar-refractivity contribution < 1.29 is 14.3 Å². The van der Waals surface area contributed by atoms with E-state index in [1.165, 1.54) is 17.8 Å². The highest BCUT2D eigenvalue weighted by atomic mass is 16.5. The van der Waals surface area contributed by atoms with E-state index in [0.717, 1.165) is 10.9 Å². The number of carbonyl (C=O) groups is 2. The fraction of sp³-hybridized carbons (Fsp3) is 0.143. The molecule has 2 aromatic heterocycles. The summed E-state index contributed by atoms with van der Waals surface area (Å²) >= 11 is 0. The van der Waals surface area contributed by atoms with Crippen LogP contribution < -0.4 is 5.56 Å². The number of carbonyl (C=O) groups excluding carboxylic acids is 2. The van der Waals surface area contributed by atoms with E-state index in [0.29, 0.717) is 16.5 Å². The number of ether oxygens (including phenoxy) is 1. The van der Waals surface area contributed by atoms with Crippen LogP contribution in [0.25, 0.3) is 21.8 Å². The molecule has 28 heavy (non-hydrogen) atoms. The quantitative estimate of drug-likeness (QED) is 0.428. The molecule has 0 spiro atoms. The molecule has 0 aliphatic rings. The zero-order valence-electron chi connectivity index (χ0n) is 15.1. The molecule has 7 nitrogen and oxygen atoms in total. The van der Waals surface area contributed by atoms with E-state index in [1.807, 2.05) is 24.3 Å². The number of benzene rings is 2. The van der Waals surface area contributed by atoms with Crippen molar-refractivity contribution in [2.45, 2.75) is 19.6 Å². The summed E-state index contributed by atoms with van der Waals surface area (Å²) in [6.45, 7) is 1.20. The molecule has 1 N–H and O–H groups in total. The third kappa shape index (κ3) is 3.18. The highest BCUT2D eigenvalue weighted by molar-refractivity contribution is 6.10. The lowest BCUT2D eigenvalue weighted by molar-refractivity contribution is -0.147. The van der Waals surface area contributed by atoms with Gasteiger partial charge in [-0.2, -0.15) is 0 Å². The summed E-state index contributed by atoms with van der Waals surface area (Å²) < 4.78 is 6.44. The van der Waals surface area contributed by atoms with Crippen molar-refractivity contribution in [3.05, 3.63) is 77.0 Å². The Morgan fingerprint density at radius 1 is 1.11 bits per heavy atom. The molecule has 0 unspecified atom stereocenters. The van der Waals surface area contributed by atoms with Gasteiger partial charge in [0.2, 0.25) is 5.78 Å². The number of Topliss-reactive ketones (excluding diaryl/α,β-unsaturated/α-hetero) is 1. The van der Waals surface area contributed by atoms with Gasteiger partial charge in [0.25, 0.3) is 5.56 Å². The van der Waals surface area contributed by atoms with Gasteiger partial charge in [0.05, 0.1) is 17.2 Å². The molecule has 7 heteroatoms. The first-order chi connectivity index (χ1) is 13.5. The number of esters is 1. The summed E-state index contributed by atoms with van der Waals surface area (Å²) in [5.41, 5.74) is 1.51. The molecule has 140 valence electrons. The predicted molar refractivity (Wildman–Crippen MR) is 104 cm³/mol. The Hall–Kier alpha value is -3.74. The summed E-state index contributed by atoms with van der Waals surface area (Å²) in [7, 11) is 0. The highest BCUT2D eigenvalue weighted by Gasteiger charge is 2.22. The molecule has 0 saturated carbocycles. The number of nitrogens with zero attached hydrogens (tertiary/aromatic N) is 2. The maximum Gasteiger partial charge on any atom is 0.326 e. The average Bonchev–Trinajstić information content (AvgIpc) is 3.14. The van der Waals surface area contributed by atoms with Crippen LogP contribution in [0.1, 0.15) is 17.3 Å². The van der Waals surface area contributed by atoms with Gasteiger partial charge in [-0.15, -0.1) is 0 Å². The van der Waals surface area contributed by atoms with Crippen molar-refractivity contribution in [2.75, 3.05) is 0 Å². The standard InChI is InChI=1S/C21H17N3O4/c1-13(20(26)16-10-22-17-8-4-2-6-14(16)17)28-19(25)11-24-12-23-18-9-5-3-7-15(18)21(24)27/h2-10,12-13,22H,11H2,1H3/t13-/m0/s1. The van der Waals surface area contributed by atoms with E-state index in [1.54, 1.807) is 30.5 Å². The molecule has 0 aliphatic carbocycles. The van der Waals surface area contributed by atoms with Crippen LogP contribution in [0, 0.1) is 0 Å². The molecule has 0 amide bonds. The van der Waals surface area contributed by atoms with Crippen molar-refractivity contribution in [1.82, 2.24) is 14.5 Å². The predicted octanol–water partition coefficient (Wildman–Crippen LogP) is 2.69.